The van der Waals surface area contributed by atoms with E-state index in [2.05, 4.69) is 11.8 Å². The summed E-state index contributed by atoms with van der Waals surface area (Å²) in [7, 11) is -3.71. The van der Waals surface area contributed by atoms with Gasteiger partial charge < -0.3 is 4.74 Å². The Kier molecular flexibility index (Phi) is 4.97. The summed E-state index contributed by atoms with van der Waals surface area (Å²) in [4.78, 5) is 0.633. The summed E-state index contributed by atoms with van der Waals surface area (Å²) in [5, 5.41) is 0. The van der Waals surface area contributed by atoms with Gasteiger partial charge >= 0.3 is 0 Å². The second-order valence-electron chi connectivity index (χ2n) is 7.58. The predicted molar refractivity (Wildman–Crippen MR) is 121 cm³/mol. The van der Waals surface area contributed by atoms with Crippen molar-refractivity contribution in [1.82, 2.24) is 0 Å². The average Bonchev–Trinajstić information content (AvgIpc) is 3.37. The molecule has 1 aliphatic carbocycles. The van der Waals surface area contributed by atoms with Gasteiger partial charge in [-0.2, -0.15) is 0 Å². The summed E-state index contributed by atoms with van der Waals surface area (Å²) in [6, 6.07) is 27.8. The largest absolute Gasteiger partial charge is 0.484 e. The molecule has 0 N–H and O–H groups in total. The normalized spacial score (nSPS) is 19.8. The smallest absolute Gasteiger partial charge is 0.206 e. The molecular formula is C27H20O3S. The van der Waals surface area contributed by atoms with Gasteiger partial charge in [0.05, 0.1) is 9.80 Å². The van der Waals surface area contributed by atoms with Gasteiger partial charge in [0, 0.05) is 22.6 Å². The molecule has 2 aliphatic rings. The van der Waals surface area contributed by atoms with Crippen LogP contribution < -0.4 is 0 Å². The lowest BCUT2D eigenvalue weighted by atomic mass is 10.0. The first-order valence-electron chi connectivity index (χ1n) is 10.2. The molecule has 0 spiro atoms. The van der Waals surface area contributed by atoms with Crippen LogP contribution >= 0.6 is 0 Å². The summed E-state index contributed by atoms with van der Waals surface area (Å²) in [5.74, 6) is 6.54. The van der Waals surface area contributed by atoms with E-state index >= 15 is 0 Å². The zero-order valence-corrected chi connectivity index (χ0v) is 17.5. The Morgan fingerprint density at radius 2 is 1.39 bits per heavy atom. The number of sulfone groups is 1. The summed E-state index contributed by atoms with van der Waals surface area (Å²) >= 11 is 0. The van der Waals surface area contributed by atoms with Gasteiger partial charge in [0.25, 0.3) is 0 Å². The van der Waals surface area contributed by atoms with Crippen molar-refractivity contribution in [2.45, 2.75) is 17.4 Å². The molecule has 0 unspecified atom stereocenters. The van der Waals surface area contributed by atoms with E-state index in [1.807, 2.05) is 72.8 Å². The Morgan fingerprint density at radius 3 is 2.06 bits per heavy atom. The summed E-state index contributed by atoms with van der Waals surface area (Å²) < 4.78 is 33.5. The van der Waals surface area contributed by atoms with Crippen LogP contribution in [0.1, 0.15) is 17.5 Å². The third-order valence-electron chi connectivity index (χ3n) is 5.54. The van der Waals surface area contributed by atoms with E-state index in [0.29, 0.717) is 17.1 Å². The van der Waals surface area contributed by atoms with Crippen LogP contribution in [0.5, 0.6) is 0 Å². The number of allylic oxidation sites excluding steroid dienone is 1. The van der Waals surface area contributed by atoms with Crippen molar-refractivity contribution in [3.63, 3.8) is 0 Å². The SMILES string of the molecule is O=S(=O)(C1=C(c2ccccc2)O[C@H]2C=C(C#Cc3ccccc3)C[C@H]12)c1ccccc1. The fourth-order valence-corrected chi connectivity index (χ4v) is 5.87. The number of benzene rings is 3. The Morgan fingerprint density at radius 1 is 0.774 bits per heavy atom. The molecule has 2 atom stereocenters. The highest BCUT2D eigenvalue weighted by Crippen LogP contribution is 2.48. The first-order valence-corrected chi connectivity index (χ1v) is 11.7. The van der Waals surface area contributed by atoms with Crippen molar-refractivity contribution in [1.29, 1.82) is 0 Å². The van der Waals surface area contributed by atoms with Gasteiger partial charge in [-0.15, -0.1) is 0 Å². The number of hydrogen-bond acceptors (Lipinski definition) is 3. The van der Waals surface area contributed by atoms with Gasteiger partial charge in [0.2, 0.25) is 9.84 Å². The van der Waals surface area contributed by atoms with Gasteiger partial charge in [-0.25, -0.2) is 8.42 Å². The quantitative estimate of drug-likeness (QED) is 0.541. The minimum Gasteiger partial charge on any atom is -0.484 e. The summed E-state index contributed by atoms with van der Waals surface area (Å²) in [6.45, 7) is 0. The van der Waals surface area contributed by atoms with E-state index in [4.69, 9.17) is 4.74 Å². The van der Waals surface area contributed by atoms with Crippen molar-refractivity contribution in [3.8, 4) is 11.8 Å². The maximum Gasteiger partial charge on any atom is 0.206 e. The van der Waals surface area contributed by atoms with Crippen molar-refractivity contribution >= 4 is 15.6 Å². The van der Waals surface area contributed by atoms with E-state index in [1.165, 1.54) is 0 Å². The minimum atomic E-state index is -3.71. The molecule has 1 aliphatic heterocycles. The summed E-state index contributed by atoms with van der Waals surface area (Å²) in [5.41, 5.74) is 2.61. The number of ether oxygens (including phenoxy) is 1. The molecular weight excluding hydrogens is 404 g/mol. The van der Waals surface area contributed by atoms with Gasteiger partial charge in [-0.05, 0) is 36.8 Å². The molecule has 0 bridgehead atoms. The molecule has 0 saturated heterocycles. The monoisotopic (exact) mass is 424 g/mol. The van der Waals surface area contributed by atoms with Crippen LogP contribution in [0, 0.1) is 17.8 Å². The third-order valence-corrected chi connectivity index (χ3v) is 7.50. The number of hydrogen-bond donors (Lipinski definition) is 0. The molecule has 4 heteroatoms. The molecule has 5 rings (SSSR count). The van der Waals surface area contributed by atoms with Crippen LogP contribution in [0.2, 0.25) is 0 Å². The van der Waals surface area contributed by atoms with Crippen molar-refractivity contribution < 1.29 is 13.2 Å². The molecule has 0 amide bonds. The lowest BCUT2D eigenvalue weighted by Crippen LogP contribution is -2.16. The van der Waals surface area contributed by atoms with Crippen LogP contribution in [0.25, 0.3) is 5.76 Å². The number of fused-ring (bicyclic) bond motifs is 1. The van der Waals surface area contributed by atoms with Crippen molar-refractivity contribution in [3.05, 3.63) is 119 Å². The summed E-state index contributed by atoms with van der Waals surface area (Å²) in [6.07, 6.45) is 2.18. The van der Waals surface area contributed by atoms with Crippen LogP contribution in [-0.2, 0) is 14.6 Å². The fourth-order valence-electron chi connectivity index (χ4n) is 4.07. The molecule has 3 aromatic carbocycles. The standard InChI is InChI=1S/C27H20O3S/c28-31(29,23-14-8-3-9-15-23)27-24-18-21(17-16-20-10-4-1-5-11-20)19-25(24)30-26(27)22-12-6-2-7-13-22/h1-15,19,24-25H,18H2/t24-,25-/m0/s1. The Balaban J connectivity index is 1.54. The third kappa shape index (κ3) is 3.69. The lowest BCUT2D eigenvalue weighted by Gasteiger charge is -2.12. The Labute approximate surface area is 182 Å². The van der Waals surface area contributed by atoms with Crippen LogP contribution in [0.4, 0.5) is 0 Å². The maximum atomic E-state index is 13.6. The Hall–Kier alpha value is -3.55. The van der Waals surface area contributed by atoms with Crippen LogP contribution in [0.3, 0.4) is 0 Å². The van der Waals surface area contributed by atoms with E-state index in [0.717, 1.165) is 16.7 Å². The van der Waals surface area contributed by atoms with Gasteiger partial charge in [-0.3, -0.25) is 0 Å². The predicted octanol–water partition coefficient (Wildman–Crippen LogP) is 5.23. The molecule has 31 heavy (non-hydrogen) atoms. The zero-order chi connectivity index (χ0) is 21.3. The molecule has 3 aromatic rings. The topological polar surface area (TPSA) is 43.4 Å². The number of rotatable bonds is 3. The molecule has 1 heterocycles. The first kappa shape index (κ1) is 19.4. The Bertz CT molecular complexity index is 1330. The first-order chi connectivity index (χ1) is 15.1. The molecule has 0 radical (unpaired) electrons. The van der Waals surface area contributed by atoms with Gasteiger partial charge in [0.1, 0.15) is 11.9 Å². The van der Waals surface area contributed by atoms with E-state index in [9.17, 15) is 8.42 Å². The minimum absolute atomic E-state index is 0.277. The maximum absolute atomic E-state index is 13.6. The van der Waals surface area contributed by atoms with Crippen molar-refractivity contribution in [2.75, 3.05) is 0 Å². The van der Waals surface area contributed by atoms with Crippen molar-refractivity contribution in [2.24, 2.45) is 5.92 Å². The molecule has 0 saturated carbocycles. The van der Waals surface area contributed by atoms with E-state index in [-0.39, 0.29) is 16.9 Å². The van der Waals surface area contributed by atoms with Gasteiger partial charge in [0.15, 0.2) is 0 Å². The van der Waals surface area contributed by atoms with E-state index in [1.54, 1.807) is 24.3 Å². The highest BCUT2D eigenvalue weighted by molar-refractivity contribution is 7.95. The molecule has 152 valence electrons. The average molecular weight is 425 g/mol. The highest BCUT2D eigenvalue weighted by atomic mass is 32.2. The fraction of sp³-hybridized carbons (Fsp3) is 0.111. The molecule has 3 nitrogen and oxygen atoms in total. The molecule has 0 fully saturated rings. The van der Waals surface area contributed by atoms with Crippen LogP contribution in [-0.4, -0.2) is 14.5 Å². The molecule has 0 aromatic heterocycles. The zero-order valence-electron chi connectivity index (χ0n) is 16.7. The second kappa shape index (κ2) is 7.94. The van der Waals surface area contributed by atoms with E-state index < -0.39 is 9.84 Å². The van der Waals surface area contributed by atoms with Gasteiger partial charge in [-0.1, -0.05) is 78.6 Å². The lowest BCUT2D eigenvalue weighted by molar-refractivity contribution is 0.207. The highest BCUT2D eigenvalue weighted by Gasteiger charge is 2.46. The van der Waals surface area contributed by atoms with Crippen LogP contribution in [0.15, 0.2) is 112 Å². The second-order valence-corrected chi connectivity index (χ2v) is 9.50.